The molecule has 1 amide bonds. The van der Waals surface area contributed by atoms with Crippen molar-refractivity contribution in [3.05, 3.63) is 106 Å². The number of halogens is 1. The number of carbonyl (C=O) groups is 2. The normalized spacial score (nSPS) is 15.3. The molecule has 2 aromatic heterocycles. The third-order valence-electron chi connectivity index (χ3n) is 6.89. The summed E-state index contributed by atoms with van der Waals surface area (Å²) in [6.07, 6.45) is 6.49. The molecule has 2 aromatic carbocycles. The van der Waals surface area contributed by atoms with Gasteiger partial charge in [0.05, 0.1) is 6.20 Å². The van der Waals surface area contributed by atoms with Crippen molar-refractivity contribution in [3.63, 3.8) is 0 Å². The Balaban J connectivity index is 1.26. The molecule has 7 heteroatoms. The van der Waals surface area contributed by atoms with E-state index in [0.29, 0.717) is 35.3 Å². The van der Waals surface area contributed by atoms with Crippen molar-refractivity contribution in [2.75, 3.05) is 13.1 Å². The highest BCUT2D eigenvalue weighted by molar-refractivity contribution is 6.29. The summed E-state index contributed by atoms with van der Waals surface area (Å²) in [6, 6.07) is 17.5. The van der Waals surface area contributed by atoms with Crippen LogP contribution < -0.4 is 0 Å². The lowest BCUT2D eigenvalue weighted by molar-refractivity contribution is 0.0790. The summed E-state index contributed by atoms with van der Waals surface area (Å²) in [4.78, 5) is 32.0. The maximum atomic E-state index is 13.3. The Bertz CT molecular complexity index is 1410. The molecule has 0 saturated carbocycles. The minimum absolute atomic E-state index is 0.00587. The number of amides is 1. The maximum absolute atomic E-state index is 13.3. The van der Waals surface area contributed by atoms with Gasteiger partial charge in [-0.25, -0.2) is 4.98 Å². The van der Waals surface area contributed by atoms with Gasteiger partial charge >= 0.3 is 0 Å². The van der Waals surface area contributed by atoms with Crippen molar-refractivity contribution in [2.45, 2.75) is 25.7 Å². The van der Waals surface area contributed by atoms with Gasteiger partial charge in [0, 0.05) is 61.6 Å². The van der Waals surface area contributed by atoms with E-state index in [1.807, 2.05) is 49.5 Å². The maximum Gasteiger partial charge on any atom is 0.253 e. The van der Waals surface area contributed by atoms with Gasteiger partial charge in [-0.2, -0.15) is 5.10 Å². The lowest BCUT2D eigenvalue weighted by atomic mass is 9.96. The smallest absolute Gasteiger partial charge is 0.253 e. The summed E-state index contributed by atoms with van der Waals surface area (Å²) in [5, 5.41) is 4.59. The van der Waals surface area contributed by atoms with Crippen LogP contribution in [0.5, 0.6) is 0 Å². The minimum atomic E-state index is -0.0529. The van der Waals surface area contributed by atoms with E-state index in [4.69, 9.17) is 11.6 Å². The Labute approximate surface area is 215 Å². The van der Waals surface area contributed by atoms with Gasteiger partial charge in [-0.05, 0) is 59.9 Å². The molecule has 5 rings (SSSR count). The molecule has 4 aromatic rings. The molecule has 0 bridgehead atoms. The van der Waals surface area contributed by atoms with Crippen molar-refractivity contribution in [1.82, 2.24) is 19.7 Å². The summed E-state index contributed by atoms with van der Waals surface area (Å²) in [7, 11) is 1.91. The van der Waals surface area contributed by atoms with Crippen LogP contribution in [0, 0.1) is 6.92 Å². The van der Waals surface area contributed by atoms with Gasteiger partial charge in [-0.15, -0.1) is 0 Å². The van der Waals surface area contributed by atoms with Gasteiger partial charge < -0.3 is 4.90 Å². The molecule has 182 valence electrons. The van der Waals surface area contributed by atoms with E-state index in [1.165, 1.54) is 11.8 Å². The van der Waals surface area contributed by atoms with E-state index in [1.54, 1.807) is 16.8 Å². The number of rotatable bonds is 6. The molecule has 1 saturated heterocycles. The number of aryl methyl sites for hydroxylation is 2. The van der Waals surface area contributed by atoms with Crippen molar-refractivity contribution < 1.29 is 9.59 Å². The summed E-state index contributed by atoms with van der Waals surface area (Å²) in [6.45, 7) is 3.36. The van der Waals surface area contributed by atoms with Crippen molar-refractivity contribution in [2.24, 2.45) is 7.05 Å². The van der Waals surface area contributed by atoms with Crippen LogP contribution in [0.25, 0.3) is 11.1 Å². The first-order chi connectivity index (χ1) is 17.4. The zero-order valence-electron chi connectivity index (χ0n) is 20.3. The Morgan fingerprint density at radius 1 is 1.00 bits per heavy atom. The molecule has 0 aliphatic carbocycles. The van der Waals surface area contributed by atoms with Gasteiger partial charge in [0.1, 0.15) is 5.15 Å². The summed E-state index contributed by atoms with van der Waals surface area (Å²) < 4.78 is 1.80. The zero-order chi connectivity index (χ0) is 25.2. The Kier molecular flexibility index (Phi) is 6.70. The van der Waals surface area contributed by atoms with Crippen molar-refractivity contribution in [3.8, 4) is 11.1 Å². The van der Waals surface area contributed by atoms with Crippen LogP contribution in [0.1, 0.15) is 49.7 Å². The summed E-state index contributed by atoms with van der Waals surface area (Å²) in [5.74, 6) is 0.259. The number of aromatic nitrogens is 3. The topological polar surface area (TPSA) is 68.1 Å². The number of hydrogen-bond donors (Lipinski definition) is 0. The number of ketones is 1. The van der Waals surface area contributed by atoms with E-state index in [2.05, 4.69) is 34.3 Å². The predicted octanol–water partition coefficient (Wildman–Crippen LogP) is 5.50. The van der Waals surface area contributed by atoms with Crippen molar-refractivity contribution in [1.29, 1.82) is 0 Å². The molecular weight excluding hydrogens is 472 g/mol. The Morgan fingerprint density at radius 3 is 2.47 bits per heavy atom. The van der Waals surface area contributed by atoms with Crippen LogP contribution in [-0.4, -0.2) is 44.4 Å². The molecule has 6 nitrogen and oxygen atoms in total. The SMILES string of the molecule is Cc1ccc(C(=O)N2CCC(c3ccc(-c4cnn(C)c4)cc3)C2)cc1CC(=O)c1ccc(Cl)nc1. The standard InChI is InChI=1S/C29H27ClN4O2/c1-19-3-4-22(13-25(19)14-27(35)23-9-10-28(30)31-15-23)29(36)34-12-11-24(18-34)20-5-7-21(8-6-20)26-16-32-33(2)17-26/h3-10,13,15-17,24H,11-12,14,18H2,1-2H3. The number of carbonyl (C=O) groups excluding carboxylic acids is 2. The molecule has 36 heavy (non-hydrogen) atoms. The van der Waals surface area contributed by atoms with Gasteiger partial charge in [0.2, 0.25) is 0 Å². The van der Waals surface area contributed by atoms with E-state index in [9.17, 15) is 9.59 Å². The van der Waals surface area contributed by atoms with E-state index >= 15 is 0 Å². The van der Waals surface area contributed by atoms with Crippen LogP contribution in [0.2, 0.25) is 5.15 Å². The summed E-state index contributed by atoms with van der Waals surface area (Å²) in [5.41, 5.74) is 6.42. The largest absolute Gasteiger partial charge is 0.338 e. The highest BCUT2D eigenvalue weighted by Crippen LogP contribution is 2.30. The fraction of sp³-hybridized carbons (Fsp3) is 0.241. The lowest BCUT2D eigenvalue weighted by Gasteiger charge is -2.18. The third kappa shape index (κ3) is 5.09. The van der Waals surface area contributed by atoms with Gasteiger partial charge in [0.15, 0.2) is 5.78 Å². The molecule has 0 radical (unpaired) electrons. The first kappa shape index (κ1) is 23.9. The Hall–Kier alpha value is -3.77. The zero-order valence-corrected chi connectivity index (χ0v) is 21.1. The fourth-order valence-corrected chi connectivity index (χ4v) is 4.84. The number of benzene rings is 2. The highest BCUT2D eigenvalue weighted by atomic mass is 35.5. The molecule has 1 fully saturated rings. The predicted molar refractivity (Wildman–Crippen MR) is 140 cm³/mol. The average Bonchev–Trinajstić information content (AvgIpc) is 3.55. The van der Waals surface area contributed by atoms with Gasteiger partial charge in [0.25, 0.3) is 5.91 Å². The second-order valence-electron chi connectivity index (χ2n) is 9.37. The second kappa shape index (κ2) is 10.1. The number of pyridine rings is 1. The molecule has 0 N–H and O–H groups in total. The lowest BCUT2D eigenvalue weighted by Crippen LogP contribution is -2.28. The molecule has 1 aliphatic heterocycles. The Morgan fingerprint density at radius 2 is 1.78 bits per heavy atom. The number of likely N-dealkylation sites (tertiary alicyclic amines) is 1. The number of nitrogens with zero attached hydrogens (tertiary/aromatic N) is 4. The highest BCUT2D eigenvalue weighted by Gasteiger charge is 2.28. The number of Topliss-reactive ketones (excluding diaryl/α,β-unsaturated/α-hetero) is 1. The van der Waals surface area contributed by atoms with Crippen LogP contribution in [-0.2, 0) is 13.5 Å². The van der Waals surface area contributed by atoms with Gasteiger partial charge in [-0.3, -0.25) is 14.3 Å². The molecular formula is C29H27ClN4O2. The quantitative estimate of drug-likeness (QED) is 0.260. The van der Waals surface area contributed by atoms with Crippen LogP contribution in [0.15, 0.2) is 73.2 Å². The van der Waals surface area contributed by atoms with E-state index in [-0.39, 0.29) is 18.1 Å². The van der Waals surface area contributed by atoms with Crippen molar-refractivity contribution >= 4 is 23.3 Å². The molecule has 1 unspecified atom stereocenters. The summed E-state index contributed by atoms with van der Waals surface area (Å²) >= 11 is 5.83. The second-order valence-corrected chi connectivity index (χ2v) is 9.76. The molecule has 0 spiro atoms. The monoisotopic (exact) mass is 498 g/mol. The van der Waals surface area contributed by atoms with E-state index in [0.717, 1.165) is 28.7 Å². The van der Waals surface area contributed by atoms with Crippen LogP contribution in [0.3, 0.4) is 0 Å². The molecule has 1 aliphatic rings. The van der Waals surface area contributed by atoms with Crippen LogP contribution in [0.4, 0.5) is 0 Å². The fourth-order valence-electron chi connectivity index (χ4n) is 4.73. The van der Waals surface area contributed by atoms with Gasteiger partial charge in [-0.1, -0.05) is 41.9 Å². The van der Waals surface area contributed by atoms with E-state index < -0.39 is 0 Å². The van der Waals surface area contributed by atoms with Crippen LogP contribution >= 0.6 is 11.6 Å². The number of hydrogen-bond acceptors (Lipinski definition) is 4. The molecule has 1 atom stereocenters. The molecule has 3 heterocycles. The first-order valence-electron chi connectivity index (χ1n) is 12.0. The minimum Gasteiger partial charge on any atom is -0.338 e. The first-order valence-corrected chi connectivity index (χ1v) is 12.4. The average molecular weight is 499 g/mol. The third-order valence-corrected chi connectivity index (χ3v) is 7.12.